The summed E-state index contributed by atoms with van der Waals surface area (Å²) in [5, 5.41) is 0.837. The zero-order chi connectivity index (χ0) is 19.5. The molecule has 3 aromatic rings. The van der Waals surface area contributed by atoms with Crippen LogP contribution in [0.2, 0.25) is 0 Å². The third-order valence-electron chi connectivity index (χ3n) is 4.74. The van der Waals surface area contributed by atoms with E-state index >= 15 is 0 Å². The van der Waals surface area contributed by atoms with Crippen LogP contribution in [0.5, 0.6) is 0 Å². The minimum absolute atomic E-state index is 0.208. The third-order valence-corrected chi connectivity index (χ3v) is 4.74. The normalized spacial score (nSPS) is 14.6. The summed E-state index contributed by atoms with van der Waals surface area (Å²) < 4.78 is 10.9. The van der Waals surface area contributed by atoms with Crippen LogP contribution in [0.25, 0.3) is 17.0 Å². The summed E-state index contributed by atoms with van der Waals surface area (Å²) in [5.41, 5.74) is 7.95. The van der Waals surface area contributed by atoms with E-state index in [2.05, 4.69) is 4.90 Å². The highest BCUT2D eigenvalue weighted by Gasteiger charge is 2.20. The molecule has 1 aromatic heterocycles. The number of ether oxygens (including phenoxy) is 1. The van der Waals surface area contributed by atoms with Crippen molar-refractivity contribution in [3.63, 3.8) is 0 Å². The molecule has 6 nitrogen and oxygen atoms in total. The number of benzene rings is 2. The van der Waals surface area contributed by atoms with E-state index in [9.17, 15) is 9.59 Å². The first-order chi connectivity index (χ1) is 13.6. The number of morpholine rings is 1. The Morgan fingerprint density at radius 2 is 1.75 bits per heavy atom. The third kappa shape index (κ3) is 3.54. The van der Waals surface area contributed by atoms with Gasteiger partial charge in [0.15, 0.2) is 5.78 Å². The van der Waals surface area contributed by atoms with Gasteiger partial charge in [-0.25, -0.2) is 4.79 Å². The highest BCUT2D eigenvalue weighted by Crippen LogP contribution is 2.30. The van der Waals surface area contributed by atoms with Crippen molar-refractivity contribution in [1.82, 2.24) is 0 Å². The van der Waals surface area contributed by atoms with Gasteiger partial charge >= 0.3 is 5.63 Å². The maximum Gasteiger partial charge on any atom is 0.345 e. The maximum atomic E-state index is 12.7. The number of nitrogen functional groups attached to an aromatic ring is 1. The maximum absolute atomic E-state index is 12.7. The average molecular weight is 376 g/mol. The van der Waals surface area contributed by atoms with Gasteiger partial charge in [0.05, 0.1) is 24.5 Å². The molecular weight excluding hydrogens is 356 g/mol. The summed E-state index contributed by atoms with van der Waals surface area (Å²) in [6, 6.07) is 14.1. The van der Waals surface area contributed by atoms with Crippen molar-refractivity contribution >= 4 is 34.2 Å². The van der Waals surface area contributed by atoms with Crippen molar-refractivity contribution in [3.8, 4) is 0 Å². The molecule has 2 heterocycles. The van der Waals surface area contributed by atoms with Gasteiger partial charge < -0.3 is 19.8 Å². The van der Waals surface area contributed by atoms with E-state index in [4.69, 9.17) is 14.9 Å². The van der Waals surface area contributed by atoms with Crippen molar-refractivity contribution in [2.24, 2.45) is 0 Å². The Labute approximate surface area is 161 Å². The van der Waals surface area contributed by atoms with Crippen molar-refractivity contribution in [2.45, 2.75) is 0 Å². The van der Waals surface area contributed by atoms with Crippen LogP contribution in [-0.2, 0) is 4.74 Å². The lowest BCUT2D eigenvalue weighted by Crippen LogP contribution is -2.37. The standard InChI is InChI=1S/C22H20N2O4/c23-16-7-5-15(6-8-16)19(25)10-9-18-21(24-11-13-27-14-12-24)17-3-1-2-4-20(17)28-22(18)26/h1-10H,11-14,23H2/b10-9+. The summed E-state index contributed by atoms with van der Waals surface area (Å²) in [6.45, 7) is 2.50. The van der Waals surface area contributed by atoms with Crippen LogP contribution in [-0.4, -0.2) is 32.1 Å². The second-order valence-electron chi connectivity index (χ2n) is 6.57. The molecule has 6 heteroatoms. The van der Waals surface area contributed by atoms with Crippen LogP contribution in [0, 0.1) is 0 Å². The molecule has 1 aliphatic heterocycles. The minimum Gasteiger partial charge on any atom is -0.422 e. The van der Waals surface area contributed by atoms with Gasteiger partial charge in [0, 0.05) is 29.7 Å². The Morgan fingerprint density at radius 1 is 1.04 bits per heavy atom. The lowest BCUT2D eigenvalue weighted by Gasteiger charge is -2.30. The Bertz CT molecular complexity index is 1090. The van der Waals surface area contributed by atoms with Crippen LogP contribution >= 0.6 is 0 Å². The molecule has 0 aliphatic carbocycles. The average Bonchev–Trinajstić information content (AvgIpc) is 2.72. The minimum atomic E-state index is -0.471. The molecular formula is C22H20N2O4. The van der Waals surface area contributed by atoms with Crippen LogP contribution in [0.15, 0.2) is 63.8 Å². The lowest BCUT2D eigenvalue weighted by molar-refractivity contribution is 0.104. The van der Waals surface area contributed by atoms with Gasteiger partial charge in [0.2, 0.25) is 0 Å². The molecule has 0 bridgehead atoms. The Balaban J connectivity index is 1.79. The quantitative estimate of drug-likeness (QED) is 0.326. The zero-order valence-electron chi connectivity index (χ0n) is 15.3. The summed E-state index contributed by atoms with van der Waals surface area (Å²) in [6.07, 6.45) is 2.94. The first-order valence-electron chi connectivity index (χ1n) is 9.10. The van der Waals surface area contributed by atoms with E-state index < -0.39 is 5.63 Å². The summed E-state index contributed by atoms with van der Waals surface area (Å²) in [5.74, 6) is -0.208. The smallest absolute Gasteiger partial charge is 0.345 e. The number of carbonyl (C=O) groups excluding carboxylic acids is 1. The molecule has 1 fully saturated rings. The van der Waals surface area contributed by atoms with E-state index in [1.165, 1.54) is 6.08 Å². The van der Waals surface area contributed by atoms with Gasteiger partial charge in [-0.05, 0) is 48.6 Å². The SMILES string of the molecule is Nc1ccc(C(=O)/C=C/c2c(N3CCOCC3)c3ccccc3oc2=O)cc1. The highest BCUT2D eigenvalue weighted by molar-refractivity contribution is 6.08. The lowest BCUT2D eigenvalue weighted by atomic mass is 10.1. The first kappa shape index (κ1) is 18.0. The number of rotatable bonds is 4. The number of allylic oxidation sites excluding steroid dienone is 1. The predicted molar refractivity (Wildman–Crippen MR) is 110 cm³/mol. The molecule has 1 aliphatic rings. The number of fused-ring (bicyclic) bond motifs is 1. The van der Waals surface area contributed by atoms with E-state index in [1.807, 2.05) is 18.2 Å². The van der Waals surface area contributed by atoms with Crippen molar-refractivity contribution < 1.29 is 13.9 Å². The molecule has 0 radical (unpaired) electrons. The molecule has 0 atom stereocenters. The number of para-hydroxylation sites is 1. The molecule has 1 saturated heterocycles. The Kier molecular flexibility index (Phi) is 4.95. The van der Waals surface area contributed by atoms with Crippen LogP contribution in [0.4, 0.5) is 11.4 Å². The molecule has 4 rings (SSSR count). The van der Waals surface area contributed by atoms with E-state index in [-0.39, 0.29) is 5.78 Å². The molecule has 28 heavy (non-hydrogen) atoms. The number of anilines is 2. The molecule has 2 aromatic carbocycles. The summed E-state index contributed by atoms with van der Waals surface area (Å²) in [7, 11) is 0. The molecule has 0 spiro atoms. The fourth-order valence-corrected chi connectivity index (χ4v) is 3.33. The van der Waals surface area contributed by atoms with E-state index in [0.717, 1.165) is 11.1 Å². The number of nitrogens with two attached hydrogens (primary N) is 1. The number of hydrogen-bond acceptors (Lipinski definition) is 6. The van der Waals surface area contributed by atoms with Gasteiger partial charge in [-0.15, -0.1) is 0 Å². The monoisotopic (exact) mass is 376 g/mol. The largest absolute Gasteiger partial charge is 0.422 e. The van der Waals surface area contributed by atoms with Crippen molar-refractivity contribution in [2.75, 3.05) is 36.9 Å². The predicted octanol–water partition coefficient (Wildman–Crippen LogP) is 3.11. The summed E-state index contributed by atoms with van der Waals surface area (Å²) in [4.78, 5) is 27.3. The van der Waals surface area contributed by atoms with E-state index in [0.29, 0.717) is 48.7 Å². The van der Waals surface area contributed by atoms with E-state index in [1.54, 1.807) is 36.4 Å². The van der Waals surface area contributed by atoms with Crippen LogP contribution in [0.3, 0.4) is 0 Å². The van der Waals surface area contributed by atoms with Crippen LogP contribution in [0.1, 0.15) is 15.9 Å². The first-order valence-corrected chi connectivity index (χ1v) is 9.10. The topological polar surface area (TPSA) is 85.8 Å². The molecule has 2 N–H and O–H groups in total. The van der Waals surface area contributed by atoms with Crippen LogP contribution < -0.4 is 16.3 Å². The highest BCUT2D eigenvalue weighted by atomic mass is 16.5. The molecule has 0 amide bonds. The zero-order valence-corrected chi connectivity index (χ0v) is 15.3. The van der Waals surface area contributed by atoms with Crippen molar-refractivity contribution in [1.29, 1.82) is 0 Å². The Morgan fingerprint density at radius 3 is 2.50 bits per heavy atom. The fraction of sp³-hybridized carbons (Fsp3) is 0.182. The summed E-state index contributed by atoms with van der Waals surface area (Å²) >= 11 is 0. The number of hydrogen-bond donors (Lipinski definition) is 1. The molecule has 142 valence electrons. The number of ketones is 1. The van der Waals surface area contributed by atoms with Gasteiger partial charge in [-0.3, -0.25) is 4.79 Å². The van der Waals surface area contributed by atoms with Gasteiger partial charge in [-0.1, -0.05) is 12.1 Å². The van der Waals surface area contributed by atoms with Crippen molar-refractivity contribution in [3.05, 3.63) is 76.2 Å². The number of nitrogens with zero attached hydrogens (tertiary/aromatic N) is 1. The second-order valence-corrected chi connectivity index (χ2v) is 6.57. The second kappa shape index (κ2) is 7.70. The number of carbonyl (C=O) groups is 1. The molecule has 0 unspecified atom stereocenters. The van der Waals surface area contributed by atoms with Gasteiger partial charge in [0.1, 0.15) is 5.58 Å². The molecule has 0 saturated carbocycles. The van der Waals surface area contributed by atoms with Gasteiger partial charge in [-0.2, -0.15) is 0 Å². The van der Waals surface area contributed by atoms with Gasteiger partial charge in [0.25, 0.3) is 0 Å². The Hall–Kier alpha value is -3.38. The fourth-order valence-electron chi connectivity index (χ4n) is 3.33.